The van der Waals surface area contributed by atoms with Crippen molar-refractivity contribution in [3.8, 4) is 0 Å². The van der Waals surface area contributed by atoms with Crippen molar-refractivity contribution >= 4 is 22.7 Å². The van der Waals surface area contributed by atoms with Gasteiger partial charge in [-0.25, -0.2) is 0 Å². The molecule has 1 rings (SSSR count). The third kappa shape index (κ3) is 5.97. The van der Waals surface area contributed by atoms with Crippen molar-refractivity contribution in [1.82, 2.24) is 0 Å². The van der Waals surface area contributed by atoms with Gasteiger partial charge in [0.25, 0.3) is 0 Å². The standard InChI is InChI=1S/C14H18O5S/c15-13(16)7-4-10-20(19)12(14(17)18)9-8-11-5-2-1-3-6-11/h1-3,5-6,12H,4,7-10H2,(H,15,16)(H,17,18). The Hall–Kier alpha value is -1.69. The first-order valence-corrected chi connectivity index (χ1v) is 7.74. The number of carboxylic acid groups (broad SMARTS) is 2. The highest BCUT2D eigenvalue weighted by atomic mass is 32.2. The number of aryl methyl sites for hydroxylation is 1. The van der Waals surface area contributed by atoms with Gasteiger partial charge in [-0.1, -0.05) is 30.3 Å². The summed E-state index contributed by atoms with van der Waals surface area (Å²) in [7, 11) is -1.54. The van der Waals surface area contributed by atoms with Gasteiger partial charge >= 0.3 is 11.9 Å². The molecule has 0 aliphatic rings. The fourth-order valence-electron chi connectivity index (χ4n) is 1.82. The molecule has 0 radical (unpaired) electrons. The molecule has 6 heteroatoms. The van der Waals surface area contributed by atoms with Gasteiger partial charge in [-0.3, -0.25) is 13.8 Å². The first kappa shape index (κ1) is 16.4. The van der Waals surface area contributed by atoms with Crippen LogP contribution in [0.4, 0.5) is 0 Å². The molecule has 0 heterocycles. The maximum Gasteiger partial charge on any atom is 0.319 e. The van der Waals surface area contributed by atoms with Gasteiger partial charge in [-0.15, -0.1) is 0 Å². The van der Waals surface area contributed by atoms with E-state index < -0.39 is 28.0 Å². The normalized spacial score (nSPS) is 13.6. The van der Waals surface area contributed by atoms with Crippen LogP contribution in [-0.4, -0.2) is 37.4 Å². The van der Waals surface area contributed by atoms with Crippen molar-refractivity contribution in [2.75, 3.05) is 5.75 Å². The number of hydrogen-bond acceptors (Lipinski definition) is 3. The van der Waals surface area contributed by atoms with E-state index in [4.69, 9.17) is 10.2 Å². The molecule has 0 aliphatic carbocycles. The minimum atomic E-state index is -1.54. The Morgan fingerprint density at radius 2 is 1.80 bits per heavy atom. The maximum atomic E-state index is 11.9. The molecule has 0 aliphatic heterocycles. The molecular weight excluding hydrogens is 280 g/mol. The molecule has 1 aromatic rings. The number of rotatable bonds is 9. The Morgan fingerprint density at radius 3 is 2.35 bits per heavy atom. The van der Waals surface area contributed by atoms with Crippen molar-refractivity contribution < 1.29 is 24.0 Å². The molecule has 0 amide bonds. The molecule has 0 saturated heterocycles. The summed E-state index contributed by atoms with van der Waals surface area (Å²) < 4.78 is 11.9. The second-order valence-electron chi connectivity index (χ2n) is 4.43. The van der Waals surface area contributed by atoms with Crippen LogP contribution in [0.5, 0.6) is 0 Å². The van der Waals surface area contributed by atoms with Gasteiger partial charge in [-0.2, -0.15) is 0 Å². The van der Waals surface area contributed by atoms with Crippen LogP contribution >= 0.6 is 0 Å². The summed E-state index contributed by atoms with van der Waals surface area (Å²) in [4.78, 5) is 21.5. The number of aliphatic carboxylic acids is 2. The van der Waals surface area contributed by atoms with Gasteiger partial charge in [0.05, 0.1) is 0 Å². The molecule has 0 saturated carbocycles. The molecular formula is C14H18O5S. The summed E-state index contributed by atoms with van der Waals surface area (Å²) in [5, 5.41) is 16.7. The monoisotopic (exact) mass is 298 g/mol. The molecule has 2 unspecified atom stereocenters. The number of hydrogen-bond donors (Lipinski definition) is 2. The minimum absolute atomic E-state index is 0.0865. The summed E-state index contributed by atoms with van der Waals surface area (Å²) in [5.41, 5.74) is 1.00. The molecule has 2 atom stereocenters. The van der Waals surface area contributed by atoms with Gasteiger partial charge in [-0.05, 0) is 24.8 Å². The number of benzene rings is 1. The van der Waals surface area contributed by atoms with Gasteiger partial charge in [0.15, 0.2) is 0 Å². The highest BCUT2D eigenvalue weighted by Gasteiger charge is 2.24. The van der Waals surface area contributed by atoms with E-state index in [0.29, 0.717) is 12.8 Å². The summed E-state index contributed by atoms with van der Waals surface area (Å²) >= 11 is 0. The summed E-state index contributed by atoms with van der Waals surface area (Å²) in [6.45, 7) is 0. The highest BCUT2D eigenvalue weighted by molar-refractivity contribution is 7.86. The van der Waals surface area contributed by atoms with Crippen molar-refractivity contribution in [2.24, 2.45) is 0 Å². The lowest BCUT2D eigenvalue weighted by Gasteiger charge is -2.12. The largest absolute Gasteiger partial charge is 0.481 e. The first-order valence-electron chi connectivity index (χ1n) is 6.36. The molecule has 0 aromatic heterocycles. The predicted octanol–water partition coefficient (Wildman–Crippen LogP) is 1.69. The molecule has 110 valence electrons. The molecule has 0 bridgehead atoms. The zero-order chi connectivity index (χ0) is 15.0. The Balaban J connectivity index is 2.49. The molecule has 5 nitrogen and oxygen atoms in total. The fourth-order valence-corrected chi connectivity index (χ4v) is 3.14. The van der Waals surface area contributed by atoms with Crippen molar-refractivity contribution in [3.05, 3.63) is 35.9 Å². The molecule has 20 heavy (non-hydrogen) atoms. The average Bonchev–Trinajstić information content (AvgIpc) is 2.39. The lowest BCUT2D eigenvalue weighted by atomic mass is 10.1. The van der Waals surface area contributed by atoms with Crippen molar-refractivity contribution in [3.63, 3.8) is 0 Å². The molecule has 2 N–H and O–H groups in total. The second kappa shape index (κ2) is 8.47. The zero-order valence-electron chi connectivity index (χ0n) is 11.0. The van der Waals surface area contributed by atoms with Crippen LogP contribution in [0.3, 0.4) is 0 Å². The third-order valence-corrected chi connectivity index (χ3v) is 4.63. The van der Waals surface area contributed by atoms with Crippen LogP contribution in [0.15, 0.2) is 30.3 Å². The Morgan fingerprint density at radius 1 is 1.15 bits per heavy atom. The van der Waals surface area contributed by atoms with E-state index in [2.05, 4.69) is 0 Å². The van der Waals surface area contributed by atoms with E-state index >= 15 is 0 Å². The van der Waals surface area contributed by atoms with Crippen molar-refractivity contribution in [2.45, 2.75) is 30.9 Å². The predicted molar refractivity (Wildman–Crippen MR) is 76.1 cm³/mol. The van der Waals surface area contributed by atoms with Crippen LogP contribution < -0.4 is 0 Å². The lowest BCUT2D eigenvalue weighted by molar-refractivity contribution is -0.137. The molecule has 1 aromatic carbocycles. The molecule has 0 fully saturated rings. The van der Waals surface area contributed by atoms with Gasteiger partial charge < -0.3 is 10.2 Å². The van der Waals surface area contributed by atoms with Crippen LogP contribution in [0.25, 0.3) is 0 Å². The fraction of sp³-hybridized carbons (Fsp3) is 0.429. The topological polar surface area (TPSA) is 91.7 Å². The van der Waals surface area contributed by atoms with Crippen LogP contribution in [-0.2, 0) is 26.8 Å². The van der Waals surface area contributed by atoms with E-state index in [-0.39, 0.29) is 18.6 Å². The number of carbonyl (C=O) groups is 2. The smallest absolute Gasteiger partial charge is 0.319 e. The van der Waals surface area contributed by atoms with Crippen LogP contribution in [0.2, 0.25) is 0 Å². The van der Waals surface area contributed by atoms with E-state index in [9.17, 15) is 13.8 Å². The summed E-state index contributed by atoms with van der Waals surface area (Å²) in [6.07, 6.45) is 0.981. The van der Waals surface area contributed by atoms with E-state index in [1.54, 1.807) is 0 Å². The SMILES string of the molecule is O=C(O)CCCS(=O)C(CCc1ccccc1)C(=O)O. The summed E-state index contributed by atoms with van der Waals surface area (Å²) in [5.74, 6) is -1.94. The average molecular weight is 298 g/mol. The second-order valence-corrected chi connectivity index (χ2v) is 6.17. The Bertz CT molecular complexity index is 472. The Labute approximate surface area is 120 Å². The van der Waals surface area contributed by atoms with Crippen molar-refractivity contribution in [1.29, 1.82) is 0 Å². The Kier molecular flexibility index (Phi) is 6.93. The lowest BCUT2D eigenvalue weighted by Crippen LogP contribution is -2.28. The van der Waals surface area contributed by atoms with Gasteiger partial charge in [0.2, 0.25) is 0 Å². The maximum absolute atomic E-state index is 11.9. The van der Waals surface area contributed by atoms with Gasteiger partial charge in [0.1, 0.15) is 5.25 Å². The first-order chi connectivity index (χ1) is 9.50. The molecule has 0 spiro atoms. The van der Waals surface area contributed by atoms with Crippen LogP contribution in [0.1, 0.15) is 24.8 Å². The number of carboxylic acids is 2. The highest BCUT2D eigenvalue weighted by Crippen LogP contribution is 2.11. The van der Waals surface area contributed by atoms with E-state index in [0.717, 1.165) is 5.56 Å². The summed E-state index contributed by atoms with van der Waals surface area (Å²) in [6, 6.07) is 9.41. The zero-order valence-corrected chi connectivity index (χ0v) is 11.8. The minimum Gasteiger partial charge on any atom is -0.481 e. The van der Waals surface area contributed by atoms with Crippen LogP contribution in [0, 0.1) is 0 Å². The van der Waals surface area contributed by atoms with Gasteiger partial charge in [0, 0.05) is 23.0 Å². The van der Waals surface area contributed by atoms with E-state index in [1.807, 2.05) is 30.3 Å². The quantitative estimate of drug-likeness (QED) is 0.724. The van der Waals surface area contributed by atoms with E-state index in [1.165, 1.54) is 0 Å². The third-order valence-electron chi connectivity index (χ3n) is 2.87.